The number of aliphatic hydroxyl groups is 1. The number of thioether (sulfide) groups is 1. The third-order valence-electron chi connectivity index (χ3n) is 2.46. The summed E-state index contributed by atoms with van der Waals surface area (Å²) in [5, 5.41) is 12.2. The third kappa shape index (κ3) is 3.88. The van der Waals surface area contributed by atoms with Gasteiger partial charge >= 0.3 is 0 Å². The molecule has 0 radical (unpaired) electrons. The predicted octanol–water partition coefficient (Wildman–Crippen LogP) is 1.16. The number of aliphatic hydroxyl groups excluding tert-OH is 1. The van der Waals surface area contributed by atoms with Crippen LogP contribution in [0.15, 0.2) is 0 Å². The molecular weight excluding hydrogens is 198 g/mol. The summed E-state index contributed by atoms with van der Waals surface area (Å²) in [6, 6.07) is 0. The van der Waals surface area contributed by atoms with Crippen LogP contribution >= 0.6 is 11.8 Å². The fourth-order valence-electron chi connectivity index (χ4n) is 1.42. The largest absolute Gasteiger partial charge is 0.391 e. The van der Waals surface area contributed by atoms with Crippen molar-refractivity contribution in [2.24, 2.45) is 0 Å². The van der Waals surface area contributed by atoms with E-state index in [2.05, 4.69) is 5.32 Å². The lowest BCUT2D eigenvalue weighted by Gasteiger charge is -2.21. The first kappa shape index (κ1) is 11.9. The zero-order chi connectivity index (χ0) is 10.4. The van der Waals surface area contributed by atoms with Gasteiger partial charge in [-0.25, -0.2) is 0 Å². The van der Waals surface area contributed by atoms with Crippen molar-refractivity contribution in [3.8, 4) is 0 Å². The maximum atomic E-state index is 11.6. The summed E-state index contributed by atoms with van der Waals surface area (Å²) in [4.78, 5) is 11.6. The molecule has 0 aliphatic carbocycles. The number of hydrogen-bond acceptors (Lipinski definition) is 3. The van der Waals surface area contributed by atoms with E-state index in [0.29, 0.717) is 13.0 Å². The highest BCUT2D eigenvalue weighted by Gasteiger charge is 2.21. The Balaban J connectivity index is 2.19. The van der Waals surface area contributed by atoms with Crippen molar-refractivity contribution in [2.45, 2.75) is 44.0 Å². The van der Waals surface area contributed by atoms with Crippen molar-refractivity contribution in [3.63, 3.8) is 0 Å². The molecule has 2 unspecified atom stereocenters. The molecule has 1 heterocycles. The minimum atomic E-state index is -0.396. The molecule has 1 amide bonds. The maximum Gasteiger partial charge on any atom is 0.233 e. The molecule has 4 heteroatoms. The Morgan fingerprint density at radius 2 is 2.43 bits per heavy atom. The first-order chi connectivity index (χ1) is 6.74. The Labute approximate surface area is 89.6 Å². The number of carbonyl (C=O) groups excluding carboxylic acids is 1. The highest BCUT2D eigenvalue weighted by molar-refractivity contribution is 8.00. The van der Waals surface area contributed by atoms with Crippen LogP contribution in [-0.2, 0) is 4.79 Å². The van der Waals surface area contributed by atoms with Gasteiger partial charge in [-0.1, -0.05) is 13.3 Å². The molecule has 0 spiro atoms. The molecule has 2 atom stereocenters. The van der Waals surface area contributed by atoms with E-state index in [4.69, 9.17) is 0 Å². The van der Waals surface area contributed by atoms with Crippen molar-refractivity contribution < 1.29 is 9.90 Å². The van der Waals surface area contributed by atoms with E-state index in [9.17, 15) is 9.90 Å². The zero-order valence-corrected chi connectivity index (χ0v) is 9.48. The third-order valence-corrected chi connectivity index (χ3v) is 3.83. The molecule has 1 saturated heterocycles. The number of rotatable bonds is 4. The molecular formula is C10H19NO2S. The normalized spacial score (nSPS) is 24.3. The molecule has 0 aromatic heterocycles. The summed E-state index contributed by atoms with van der Waals surface area (Å²) in [5.41, 5.74) is 0. The van der Waals surface area contributed by atoms with Crippen LogP contribution in [-0.4, -0.2) is 34.7 Å². The Kier molecular flexibility index (Phi) is 5.33. The van der Waals surface area contributed by atoms with Gasteiger partial charge in [-0.2, -0.15) is 0 Å². The van der Waals surface area contributed by atoms with Crippen LogP contribution in [0.25, 0.3) is 0 Å². The molecule has 82 valence electrons. The highest BCUT2D eigenvalue weighted by atomic mass is 32.2. The summed E-state index contributed by atoms with van der Waals surface area (Å²) >= 11 is 1.74. The van der Waals surface area contributed by atoms with Crippen molar-refractivity contribution in [3.05, 3.63) is 0 Å². The molecule has 0 bridgehead atoms. The number of amides is 1. The smallest absolute Gasteiger partial charge is 0.233 e. The Morgan fingerprint density at radius 1 is 1.64 bits per heavy atom. The maximum absolute atomic E-state index is 11.6. The average Bonchev–Trinajstić information content (AvgIpc) is 2.26. The highest BCUT2D eigenvalue weighted by Crippen LogP contribution is 2.24. The molecule has 14 heavy (non-hydrogen) atoms. The van der Waals surface area contributed by atoms with E-state index in [1.54, 1.807) is 11.8 Å². The van der Waals surface area contributed by atoms with Gasteiger partial charge in [0.1, 0.15) is 0 Å². The second-order valence-electron chi connectivity index (χ2n) is 3.66. The SMILES string of the molecule is CCC(O)CNC(=O)C1CCCCS1. The Morgan fingerprint density at radius 3 is 3.00 bits per heavy atom. The molecule has 0 aromatic carbocycles. The van der Waals surface area contributed by atoms with Gasteiger partial charge in [0.15, 0.2) is 0 Å². The lowest BCUT2D eigenvalue weighted by molar-refractivity contribution is -0.121. The molecule has 0 saturated carbocycles. The number of nitrogens with one attached hydrogen (secondary N) is 1. The van der Waals surface area contributed by atoms with E-state index < -0.39 is 6.10 Å². The average molecular weight is 217 g/mol. The topological polar surface area (TPSA) is 49.3 Å². The molecule has 1 aliphatic heterocycles. The van der Waals surface area contributed by atoms with Crippen molar-refractivity contribution in [2.75, 3.05) is 12.3 Å². The first-order valence-electron chi connectivity index (χ1n) is 5.31. The summed E-state index contributed by atoms with van der Waals surface area (Å²) in [6.45, 7) is 2.30. The van der Waals surface area contributed by atoms with Crippen LogP contribution in [0.4, 0.5) is 0 Å². The summed E-state index contributed by atoms with van der Waals surface area (Å²) in [6.07, 6.45) is 3.66. The predicted molar refractivity (Wildman–Crippen MR) is 59.4 cm³/mol. The van der Waals surface area contributed by atoms with Crippen LogP contribution in [0.3, 0.4) is 0 Å². The van der Waals surface area contributed by atoms with Gasteiger partial charge in [0, 0.05) is 6.54 Å². The van der Waals surface area contributed by atoms with Gasteiger partial charge in [0.2, 0.25) is 5.91 Å². The van der Waals surface area contributed by atoms with E-state index >= 15 is 0 Å². The van der Waals surface area contributed by atoms with Crippen molar-refractivity contribution in [1.82, 2.24) is 5.32 Å². The molecule has 1 aliphatic rings. The van der Waals surface area contributed by atoms with Crippen molar-refractivity contribution >= 4 is 17.7 Å². The van der Waals surface area contributed by atoms with Gasteiger partial charge in [0.05, 0.1) is 11.4 Å². The van der Waals surface area contributed by atoms with Crippen LogP contribution in [0, 0.1) is 0 Å². The second-order valence-corrected chi connectivity index (χ2v) is 4.97. The van der Waals surface area contributed by atoms with Crippen LogP contribution in [0.1, 0.15) is 32.6 Å². The van der Waals surface area contributed by atoms with Crippen LogP contribution in [0.5, 0.6) is 0 Å². The van der Waals surface area contributed by atoms with Crippen LogP contribution in [0.2, 0.25) is 0 Å². The Hall–Kier alpha value is -0.220. The fourth-order valence-corrected chi connectivity index (χ4v) is 2.65. The lowest BCUT2D eigenvalue weighted by Crippen LogP contribution is -2.38. The summed E-state index contributed by atoms with van der Waals surface area (Å²) in [7, 11) is 0. The van der Waals surface area contributed by atoms with E-state index in [-0.39, 0.29) is 11.2 Å². The molecule has 3 nitrogen and oxygen atoms in total. The van der Waals surface area contributed by atoms with E-state index in [1.165, 1.54) is 6.42 Å². The van der Waals surface area contributed by atoms with Gasteiger partial charge in [-0.3, -0.25) is 4.79 Å². The van der Waals surface area contributed by atoms with Crippen molar-refractivity contribution in [1.29, 1.82) is 0 Å². The molecule has 0 aromatic rings. The second kappa shape index (κ2) is 6.30. The lowest BCUT2D eigenvalue weighted by atomic mass is 10.2. The zero-order valence-electron chi connectivity index (χ0n) is 8.66. The van der Waals surface area contributed by atoms with Gasteiger partial charge in [-0.15, -0.1) is 11.8 Å². The van der Waals surface area contributed by atoms with Gasteiger partial charge < -0.3 is 10.4 Å². The molecule has 1 rings (SSSR count). The summed E-state index contributed by atoms with van der Waals surface area (Å²) < 4.78 is 0. The Bertz CT molecular complexity index is 181. The van der Waals surface area contributed by atoms with Gasteiger partial charge in [0.25, 0.3) is 0 Å². The van der Waals surface area contributed by atoms with E-state index in [0.717, 1.165) is 18.6 Å². The quantitative estimate of drug-likeness (QED) is 0.743. The number of hydrogen-bond donors (Lipinski definition) is 2. The molecule has 1 fully saturated rings. The van der Waals surface area contributed by atoms with E-state index in [1.807, 2.05) is 6.92 Å². The number of carbonyl (C=O) groups is 1. The minimum Gasteiger partial charge on any atom is -0.391 e. The first-order valence-corrected chi connectivity index (χ1v) is 6.36. The van der Waals surface area contributed by atoms with Gasteiger partial charge in [-0.05, 0) is 25.0 Å². The fraction of sp³-hybridized carbons (Fsp3) is 0.900. The standard InChI is InChI=1S/C10H19NO2S/c1-2-8(12)7-11-10(13)9-5-3-4-6-14-9/h8-9,12H,2-7H2,1H3,(H,11,13). The molecule has 2 N–H and O–H groups in total. The summed E-state index contributed by atoms with van der Waals surface area (Å²) in [5.74, 6) is 1.19. The minimum absolute atomic E-state index is 0.0993. The van der Waals surface area contributed by atoms with Crippen LogP contribution < -0.4 is 5.32 Å². The monoisotopic (exact) mass is 217 g/mol.